The van der Waals surface area contributed by atoms with Crippen LogP contribution in [0.25, 0.3) is 11.3 Å². The predicted molar refractivity (Wildman–Crippen MR) is 124 cm³/mol. The van der Waals surface area contributed by atoms with Crippen LogP contribution in [0.15, 0.2) is 29.6 Å². The van der Waals surface area contributed by atoms with Gasteiger partial charge in [0.2, 0.25) is 5.91 Å². The number of benzene rings is 1. The number of ether oxygens (including phenoxy) is 1. The van der Waals surface area contributed by atoms with Crippen molar-refractivity contribution in [2.24, 2.45) is 5.92 Å². The van der Waals surface area contributed by atoms with E-state index in [0.29, 0.717) is 22.4 Å². The monoisotopic (exact) mass is 456 g/mol. The SMILES string of the molecule is CC[C@@H](C(=N)C(=O)OC(C)(C)C)C(=O)Nc1nc(-c2ccc(C(=O)NC3CC3)cc2)cs1. The van der Waals surface area contributed by atoms with Gasteiger partial charge in [0.1, 0.15) is 11.3 Å². The molecule has 0 spiro atoms. The molecule has 1 saturated carbocycles. The standard InChI is InChI=1S/C23H28N4O4S/c1-5-16(18(24)21(30)31-23(2,3)4)20(29)27-22-26-17(12-32-22)13-6-8-14(9-7-13)19(28)25-15-10-11-15/h6-9,12,15-16,24H,5,10-11H2,1-4H3,(H,25,28)(H,26,27,29)/t16-/m0/s1. The highest BCUT2D eigenvalue weighted by Crippen LogP contribution is 2.26. The predicted octanol–water partition coefficient (Wildman–Crippen LogP) is 4.03. The minimum atomic E-state index is -0.929. The summed E-state index contributed by atoms with van der Waals surface area (Å²) in [6.07, 6.45) is 2.35. The van der Waals surface area contributed by atoms with Crippen LogP contribution in [0.3, 0.4) is 0 Å². The van der Waals surface area contributed by atoms with Crippen molar-refractivity contribution in [3.05, 3.63) is 35.2 Å². The Labute approximate surface area is 191 Å². The van der Waals surface area contributed by atoms with Crippen molar-refractivity contribution in [3.8, 4) is 11.3 Å². The molecule has 0 saturated heterocycles. The fourth-order valence-electron chi connectivity index (χ4n) is 2.94. The van der Waals surface area contributed by atoms with Gasteiger partial charge in [0.15, 0.2) is 5.13 Å². The summed E-state index contributed by atoms with van der Waals surface area (Å²) < 4.78 is 5.21. The van der Waals surface area contributed by atoms with Crippen LogP contribution in [0.1, 0.15) is 57.3 Å². The first-order valence-electron chi connectivity index (χ1n) is 10.6. The van der Waals surface area contributed by atoms with Crippen LogP contribution in [-0.2, 0) is 14.3 Å². The Balaban J connectivity index is 1.63. The molecule has 1 fully saturated rings. The second-order valence-corrected chi connectivity index (χ2v) is 9.59. The molecule has 2 aromatic rings. The van der Waals surface area contributed by atoms with Crippen molar-refractivity contribution in [2.45, 2.75) is 58.6 Å². The van der Waals surface area contributed by atoms with Gasteiger partial charge in [0.05, 0.1) is 11.6 Å². The summed E-state index contributed by atoms with van der Waals surface area (Å²) in [7, 11) is 0. The summed E-state index contributed by atoms with van der Waals surface area (Å²) in [5, 5.41) is 15.9. The summed E-state index contributed by atoms with van der Waals surface area (Å²) in [5.41, 5.74) is 0.955. The summed E-state index contributed by atoms with van der Waals surface area (Å²) in [6.45, 7) is 6.87. The van der Waals surface area contributed by atoms with E-state index in [1.165, 1.54) is 11.3 Å². The number of thiazole rings is 1. The van der Waals surface area contributed by atoms with E-state index < -0.39 is 23.4 Å². The molecule has 1 aliphatic rings. The minimum Gasteiger partial charge on any atom is -0.455 e. The molecular formula is C23H28N4O4S. The van der Waals surface area contributed by atoms with E-state index in [1.807, 2.05) is 12.1 Å². The summed E-state index contributed by atoms with van der Waals surface area (Å²) in [5.74, 6) is -2.29. The van der Waals surface area contributed by atoms with E-state index in [0.717, 1.165) is 18.4 Å². The number of hydrogen-bond donors (Lipinski definition) is 3. The highest BCUT2D eigenvalue weighted by molar-refractivity contribution is 7.14. The van der Waals surface area contributed by atoms with Gasteiger partial charge < -0.3 is 15.4 Å². The molecule has 3 N–H and O–H groups in total. The Kier molecular flexibility index (Phi) is 7.08. The molecule has 0 unspecified atom stereocenters. The first kappa shape index (κ1) is 23.6. The molecule has 8 nitrogen and oxygen atoms in total. The Morgan fingerprint density at radius 3 is 2.44 bits per heavy atom. The summed E-state index contributed by atoms with van der Waals surface area (Å²) in [4.78, 5) is 41.4. The zero-order chi connectivity index (χ0) is 23.5. The van der Waals surface area contributed by atoms with Gasteiger partial charge in [-0.05, 0) is 52.2 Å². The third-order valence-electron chi connectivity index (χ3n) is 4.78. The number of hydrogen-bond acceptors (Lipinski definition) is 7. The molecule has 32 heavy (non-hydrogen) atoms. The van der Waals surface area contributed by atoms with E-state index in [1.54, 1.807) is 45.2 Å². The molecular weight excluding hydrogens is 428 g/mol. The van der Waals surface area contributed by atoms with Crippen molar-refractivity contribution < 1.29 is 19.1 Å². The van der Waals surface area contributed by atoms with Crippen molar-refractivity contribution in [1.82, 2.24) is 10.3 Å². The summed E-state index contributed by atoms with van der Waals surface area (Å²) >= 11 is 1.25. The number of nitrogens with one attached hydrogen (secondary N) is 3. The maximum atomic E-state index is 12.7. The molecule has 0 aliphatic heterocycles. The molecule has 3 rings (SSSR count). The third kappa shape index (κ3) is 6.23. The molecule has 1 aromatic carbocycles. The van der Waals surface area contributed by atoms with Gasteiger partial charge in [-0.25, -0.2) is 9.78 Å². The second-order valence-electron chi connectivity index (χ2n) is 8.73. The van der Waals surface area contributed by atoms with Gasteiger partial charge in [-0.2, -0.15) is 0 Å². The van der Waals surface area contributed by atoms with Crippen LogP contribution in [0.2, 0.25) is 0 Å². The maximum Gasteiger partial charge on any atom is 0.353 e. The van der Waals surface area contributed by atoms with E-state index in [2.05, 4.69) is 15.6 Å². The number of esters is 1. The normalized spacial score (nSPS) is 14.4. The lowest BCUT2D eigenvalue weighted by atomic mass is 9.99. The number of anilines is 1. The van der Waals surface area contributed by atoms with Crippen LogP contribution in [0, 0.1) is 11.3 Å². The van der Waals surface area contributed by atoms with E-state index >= 15 is 0 Å². The number of aromatic nitrogens is 1. The highest BCUT2D eigenvalue weighted by atomic mass is 32.1. The lowest BCUT2D eigenvalue weighted by molar-refractivity contribution is -0.147. The van der Waals surface area contributed by atoms with Crippen molar-refractivity contribution in [3.63, 3.8) is 0 Å². The van der Waals surface area contributed by atoms with Crippen LogP contribution in [-0.4, -0.2) is 40.1 Å². The average molecular weight is 457 g/mol. The lowest BCUT2D eigenvalue weighted by Gasteiger charge is -2.21. The number of carbonyl (C=O) groups is 3. The fraction of sp³-hybridized carbons (Fsp3) is 0.435. The molecule has 0 radical (unpaired) electrons. The molecule has 1 aromatic heterocycles. The largest absolute Gasteiger partial charge is 0.455 e. The molecule has 170 valence electrons. The van der Waals surface area contributed by atoms with Gasteiger partial charge >= 0.3 is 5.97 Å². The second kappa shape index (κ2) is 9.60. The number of rotatable bonds is 8. The Morgan fingerprint density at radius 2 is 1.88 bits per heavy atom. The Bertz CT molecular complexity index is 1020. The number of nitrogens with zero attached hydrogens (tertiary/aromatic N) is 1. The fourth-order valence-corrected chi connectivity index (χ4v) is 3.66. The van der Waals surface area contributed by atoms with E-state index in [9.17, 15) is 14.4 Å². The van der Waals surface area contributed by atoms with Crippen LogP contribution >= 0.6 is 11.3 Å². The topological polar surface area (TPSA) is 121 Å². The molecule has 2 amide bonds. The zero-order valence-corrected chi connectivity index (χ0v) is 19.5. The summed E-state index contributed by atoms with van der Waals surface area (Å²) in [6, 6.07) is 7.43. The van der Waals surface area contributed by atoms with Crippen LogP contribution < -0.4 is 10.6 Å². The van der Waals surface area contributed by atoms with Gasteiger partial charge in [-0.15, -0.1) is 11.3 Å². The third-order valence-corrected chi connectivity index (χ3v) is 5.54. The zero-order valence-electron chi connectivity index (χ0n) is 18.7. The number of carbonyl (C=O) groups excluding carboxylic acids is 3. The van der Waals surface area contributed by atoms with Crippen LogP contribution in [0.4, 0.5) is 5.13 Å². The lowest BCUT2D eigenvalue weighted by Crippen LogP contribution is -2.37. The molecule has 0 bridgehead atoms. The van der Waals surface area contributed by atoms with Crippen molar-refractivity contribution >= 4 is 40.0 Å². The molecule has 9 heteroatoms. The Hall–Kier alpha value is -3.07. The maximum absolute atomic E-state index is 12.7. The van der Waals surface area contributed by atoms with Crippen LogP contribution in [0.5, 0.6) is 0 Å². The van der Waals surface area contributed by atoms with Crippen molar-refractivity contribution in [1.29, 1.82) is 5.41 Å². The van der Waals surface area contributed by atoms with Crippen molar-refractivity contribution in [2.75, 3.05) is 5.32 Å². The van der Waals surface area contributed by atoms with Gasteiger partial charge in [-0.1, -0.05) is 19.1 Å². The first-order chi connectivity index (χ1) is 15.1. The van der Waals surface area contributed by atoms with Gasteiger partial charge in [0, 0.05) is 22.5 Å². The average Bonchev–Trinajstić information content (AvgIpc) is 3.42. The molecule has 1 heterocycles. The van der Waals surface area contributed by atoms with Gasteiger partial charge in [0.25, 0.3) is 5.91 Å². The smallest absolute Gasteiger partial charge is 0.353 e. The quantitative estimate of drug-likeness (QED) is 0.409. The highest BCUT2D eigenvalue weighted by Gasteiger charge is 2.30. The Morgan fingerprint density at radius 1 is 1.22 bits per heavy atom. The minimum absolute atomic E-state index is 0.0803. The molecule has 1 atom stereocenters. The van der Waals surface area contributed by atoms with Gasteiger partial charge in [-0.3, -0.25) is 15.0 Å². The number of amides is 2. The first-order valence-corrected chi connectivity index (χ1v) is 11.4. The van der Waals surface area contributed by atoms with E-state index in [-0.39, 0.29) is 18.0 Å². The van der Waals surface area contributed by atoms with E-state index in [4.69, 9.17) is 10.1 Å². The molecule has 1 aliphatic carbocycles.